The van der Waals surface area contributed by atoms with E-state index in [2.05, 4.69) is 12.1 Å². The summed E-state index contributed by atoms with van der Waals surface area (Å²) in [6.07, 6.45) is 7.61. The van der Waals surface area contributed by atoms with Crippen LogP contribution in [0, 0.1) is 17.8 Å². The summed E-state index contributed by atoms with van der Waals surface area (Å²) >= 11 is 0. The summed E-state index contributed by atoms with van der Waals surface area (Å²) in [5, 5.41) is 19.8. The lowest BCUT2D eigenvalue weighted by Gasteiger charge is -2.57. The highest BCUT2D eigenvalue weighted by atomic mass is 16.5. The highest BCUT2D eigenvalue weighted by Crippen LogP contribution is 2.62. The predicted molar refractivity (Wildman–Crippen MR) is 113 cm³/mol. The number of rotatable bonds is 6. The third-order valence-corrected chi connectivity index (χ3v) is 7.43. The summed E-state index contributed by atoms with van der Waals surface area (Å²) in [5.41, 5.74) is 2.78. The van der Waals surface area contributed by atoms with Gasteiger partial charge in [-0.05, 0) is 78.8 Å². The van der Waals surface area contributed by atoms with Gasteiger partial charge in [-0.3, -0.25) is 0 Å². The van der Waals surface area contributed by atoms with Gasteiger partial charge in [0.2, 0.25) is 0 Å². The van der Waals surface area contributed by atoms with Crippen molar-refractivity contribution in [2.45, 2.75) is 50.5 Å². The smallest absolute Gasteiger partial charge is 0.488 e. The van der Waals surface area contributed by atoms with E-state index >= 15 is 0 Å². The van der Waals surface area contributed by atoms with Gasteiger partial charge < -0.3 is 19.5 Å². The zero-order valence-corrected chi connectivity index (χ0v) is 17.0. The first kappa shape index (κ1) is 19.0. The molecule has 0 aromatic heterocycles. The molecule has 0 heterocycles. The van der Waals surface area contributed by atoms with Gasteiger partial charge in [0.1, 0.15) is 6.61 Å². The van der Waals surface area contributed by atoms with Gasteiger partial charge in [0.25, 0.3) is 0 Å². The van der Waals surface area contributed by atoms with E-state index in [4.69, 9.17) is 9.47 Å². The quantitative estimate of drug-likeness (QED) is 0.740. The van der Waals surface area contributed by atoms with Crippen molar-refractivity contribution in [3.8, 4) is 11.5 Å². The molecule has 5 heteroatoms. The molecule has 2 aromatic rings. The minimum atomic E-state index is -1.51. The van der Waals surface area contributed by atoms with Crippen LogP contribution in [0.15, 0.2) is 42.5 Å². The minimum absolute atomic E-state index is 0.0684. The second kappa shape index (κ2) is 7.37. The molecule has 4 bridgehead atoms. The van der Waals surface area contributed by atoms with E-state index < -0.39 is 7.12 Å². The first-order chi connectivity index (χ1) is 14.1. The van der Waals surface area contributed by atoms with Gasteiger partial charge in [0.15, 0.2) is 11.5 Å². The Bertz CT molecular complexity index is 845. The van der Waals surface area contributed by atoms with E-state index in [0.717, 1.165) is 34.6 Å². The predicted octanol–water partition coefficient (Wildman–Crippen LogP) is 3.42. The number of methoxy groups -OCH3 is 1. The maximum Gasteiger partial charge on any atom is 0.488 e. The van der Waals surface area contributed by atoms with E-state index in [1.165, 1.54) is 38.5 Å². The first-order valence-corrected chi connectivity index (χ1v) is 10.8. The summed E-state index contributed by atoms with van der Waals surface area (Å²) in [6.45, 7) is 0.470. The van der Waals surface area contributed by atoms with Gasteiger partial charge in [-0.15, -0.1) is 0 Å². The molecule has 0 saturated heterocycles. The normalized spacial score (nSPS) is 29.7. The minimum Gasteiger partial charge on any atom is -0.493 e. The topological polar surface area (TPSA) is 58.9 Å². The summed E-state index contributed by atoms with van der Waals surface area (Å²) in [4.78, 5) is 0. The molecule has 0 radical (unpaired) electrons. The molecule has 4 nitrogen and oxygen atoms in total. The lowest BCUT2D eigenvalue weighted by atomic mass is 9.47. The van der Waals surface area contributed by atoms with Gasteiger partial charge in [0.05, 0.1) is 7.11 Å². The fourth-order valence-electron chi connectivity index (χ4n) is 6.64. The fraction of sp³-hybridized carbons (Fsp3) is 0.500. The van der Waals surface area contributed by atoms with Gasteiger partial charge in [0, 0.05) is 5.56 Å². The number of ether oxygens (including phenoxy) is 2. The number of hydrogen-bond donors (Lipinski definition) is 2. The van der Waals surface area contributed by atoms with E-state index in [1.54, 1.807) is 13.2 Å². The third kappa shape index (κ3) is 3.45. The van der Waals surface area contributed by atoms with E-state index in [-0.39, 0.29) is 5.41 Å². The number of benzene rings is 2. The highest BCUT2D eigenvalue weighted by molar-refractivity contribution is 6.58. The molecule has 0 aliphatic heterocycles. The average molecular weight is 392 g/mol. The van der Waals surface area contributed by atoms with Crippen molar-refractivity contribution in [1.29, 1.82) is 0 Å². The van der Waals surface area contributed by atoms with Crippen molar-refractivity contribution in [1.82, 2.24) is 0 Å². The van der Waals surface area contributed by atoms with Crippen LogP contribution in [-0.4, -0.2) is 24.3 Å². The Labute approximate surface area is 173 Å². The lowest BCUT2D eigenvalue weighted by molar-refractivity contribution is -0.00659. The Morgan fingerprint density at radius 1 is 0.966 bits per heavy atom. The number of hydrogen-bond acceptors (Lipinski definition) is 4. The summed E-state index contributed by atoms with van der Waals surface area (Å²) in [7, 11) is 0.113. The molecular weight excluding hydrogens is 363 g/mol. The molecule has 0 amide bonds. The molecule has 4 fully saturated rings. The molecule has 29 heavy (non-hydrogen) atoms. The largest absolute Gasteiger partial charge is 0.493 e. The molecule has 0 atom stereocenters. The van der Waals surface area contributed by atoms with Crippen LogP contribution in [-0.2, 0) is 12.0 Å². The molecule has 2 aromatic carbocycles. The molecule has 152 valence electrons. The van der Waals surface area contributed by atoms with Crippen molar-refractivity contribution < 1.29 is 19.5 Å². The zero-order chi connectivity index (χ0) is 20.0. The Morgan fingerprint density at radius 3 is 2.14 bits per heavy atom. The lowest BCUT2D eigenvalue weighted by Crippen LogP contribution is -2.49. The van der Waals surface area contributed by atoms with Crippen LogP contribution in [0.1, 0.15) is 49.7 Å². The van der Waals surface area contributed by atoms with Crippen LogP contribution in [0.3, 0.4) is 0 Å². The van der Waals surface area contributed by atoms with Crippen molar-refractivity contribution in [3.05, 3.63) is 53.6 Å². The maximum atomic E-state index is 9.91. The van der Waals surface area contributed by atoms with E-state index in [9.17, 15) is 10.0 Å². The summed E-state index contributed by atoms with van der Waals surface area (Å²) in [6, 6.07) is 13.8. The van der Waals surface area contributed by atoms with Crippen LogP contribution >= 0.6 is 0 Å². The van der Waals surface area contributed by atoms with Crippen molar-refractivity contribution in [2.24, 2.45) is 17.8 Å². The van der Waals surface area contributed by atoms with Gasteiger partial charge in [-0.1, -0.05) is 36.4 Å². The SMILES string of the molecule is COc1cc(B(O)O)cc(C23CC4CC(CC(C4)C2)C3)c1OCc1ccccc1. The standard InChI is InChI=1S/C24H29BO4/c1-28-22-11-20(25(26)27)10-21(23(22)29-15-16-5-3-2-4-6-16)24-12-17-7-18(13-24)9-19(8-17)14-24/h2-6,10-11,17-19,26-27H,7-9,12-15H2,1H3. The Balaban J connectivity index is 1.57. The van der Waals surface area contributed by atoms with Crippen LogP contribution in [0.5, 0.6) is 11.5 Å². The Morgan fingerprint density at radius 2 is 1.59 bits per heavy atom. The van der Waals surface area contributed by atoms with E-state index in [0.29, 0.717) is 17.8 Å². The van der Waals surface area contributed by atoms with Crippen molar-refractivity contribution >= 4 is 12.6 Å². The Hall–Kier alpha value is -1.98. The molecule has 4 saturated carbocycles. The van der Waals surface area contributed by atoms with Gasteiger partial charge in [-0.25, -0.2) is 0 Å². The molecule has 2 N–H and O–H groups in total. The molecule has 0 spiro atoms. The second-order valence-corrected chi connectivity index (χ2v) is 9.45. The maximum absolute atomic E-state index is 9.91. The van der Waals surface area contributed by atoms with Crippen LogP contribution < -0.4 is 14.9 Å². The Kier molecular flexibility index (Phi) is 4.83. The summed E-state index contributed by atoms with van der Waals surface area (Å²) < 4.78 is 12.1. The van der Waals surface area contributed by atoms with Gasteiger partial charge in [-0.2, -0.15) is 0 Å². The monoisotopic (exact) mass is 392 g/mol. The van der Waals surface area contributed by atoms with Crippen LogP contribution in [0.4, 0.5) is 0 Å². The molecule has 0 unspecified atom stereocenters. The second-order valence-electron chi connectivity index (χ2n) is 9.45. The first-order valence-electron chi connectivity index (χ1n) is 10.8. The highest BCUT2D eigenvalue weighted by Gasteiger charge is 2.53. The van der Waals surface area contributed by atoms with Crippen LogP contribution in [0.25, 0.3) is 0 Å². The molecule has 4 aliphatic carbocycles. The van der Waals surface area contributed by atoms with Crippen LogP contribution in [0.2, 0.25) is 0 Å². The average Bonchev–Trinajstić information content (AvgIpc) is 2.71. The zero-order valence-electron chi connectivity index (χ0n) is 17.0. The van der Waals surface area contributed by atoms with Gasteiger partial charge >= 0.3 is 7.12 Å². The molecule has 6 rings (SSSR count). The third-order valence-electron chi connectivity index (χ3n) is 7.43. The summed E-state index contributed by atoms with van der Waals surface area (Å²) in [5.74, 6) is 3.74. The van der Waals surface area contributed by atoms with Crippen molar-refractivity contribution in [3.63, 3.8) is 0 Å². The fourth-order valence-corrected chi connectivity index (χ4v) is 6.64. The van der Waals surface area contributed by atoms with Crippen molar-refractivity contribution in [2.75, 3.05) is 7.11 Å². The molecular formula is C24H29BO4. The van der Waals surface area contributed by atoms with E-state index in [1.807, 2.05) is 24.3 Å². The molecule has 4 aliphatic rings.